The van der Waals surface area contributed by atoms with Crippen LogP contribution >= 0.6 is 22.6 Å². The number of hydrogen-bond acceptors (Lipinski definition) is 1. The van der Waals surface area contributed by atoms with Crippen molar-refractivity contribution >= 4 is 22.6 Å². The summed E-state index contributed by atoms with van der Waals surface area (Å²) in [5.41, 5.74) is 3.00. The number of benzene rings is 1. The summed E-state index contributed by atoms with van der Waals surface area (Å²) in [4.78, 5) is 0. The van der Waals surface area contributed by atoms with E-state index in [1.165, 1.54) is 31.5 Å². The molecule has 76 valence electrons. The van der Waals surface area contributed by atoms with Crippen molar-refractivity contribution in [2.24, 2.45) is 0 Å². The van der Waals surface area contributed by atoms with Crippen LogP contribution in [0.4, 0.5) is 0 Å². The van der Waals surface area contributed by atoms with Gasteiger partial charge in [-0.3, -0.25) is 0 Å². The van der Waals surface area contributed by atoms with Crippen LogP contribution in [0.25, 0.3) is 0 Å². The maximum Gasteiger partial charge on any atom is 0.0247 e. The number of rotatable bonds is 2. The molecule has 1 N–H and O–H groups in total. The van der Waals surface area contributed by atoms with Crippen molar-refractivity contribution in [2.75, 3.05) is 13.1 Å². The average molecular weight is 301 g/mol. The van der Waals surface area contributed by atoms with E-state index < -0.39 is 0 Å². The Hall–Kier alpha value is -0.0900. The van der Waals surface area contributed by atoms with Crippen LogP contribution in [-0.2, 0) is 4.43 Å². The van der Waals surface area contributed by atoms with Crippen molar-refractivity contribution in [1.82, 2.24) is 5.32 Å². The Kier molecular flexibility index (Phi) is 3.81. The second kappa shape index (κ2) is 5.12. The van der Waals surface area contributed by atoms with Crippen molar-refractivity contribution in [3.8, 4) is 0 Å². The van der Waals surface area contributed by atoms with Crippen molar-refractivity contribution in [2.45, 2.75) is 23.2 Å². The fourth-order valence-corrected chi connectivity index (χ4v) is 2.56. The van der Waals surface area contributed by atoms with Gasteiger partial charge in [-0.2, -0.15) is 0 Å². The second-order valence-corrected chi connectivity index (χ2v) is 4.67. The van der Waals surface area contributed by atoms with E-state index in [0.717, 1.165) is 10.3 Å². The molecule has 1 aromatic rings. The van der Waals surface area contributed by atoms with Crippen LogP contribution < -0.4 is 5.32 Å². The van der Waals surface area contributed by atoms with E-state index in [9.17, 15) is 0 Å². The van der Waals surface area contributed by atoms with Gasteiger partial charge in [0, 0.05) is 4.43 Å². The van der Waals surface area contributed by atoms with E-state index in [1.807, 2.05) is 0 Å². The predicted octanol–water partition coefficient (Wildman–Crippen LogP) is 3.09. The molecule has 0 spiro atoms. The van der Waals surface area contributed by atoms with Gasteiger partial charge in [-0.05, 0) is 43.0 Å². The molecule has 1 aromatic carbocycles. The molecule has 0 atom stereocenters. The van der Waals surface area contributed by atoms with Crippen LogP contribution in [0.3, 0.4) is 0 Å². The number of nitrogens with one attached hydrogen (secondary N) is 1. The van der Waals surface area contributed by atoms with E-state index >= 15 is 0 Å². The summed E-state index contributed by atoms with van der Waals surface area (Å²) in [5.74, 6) is 0.791. The summed E-state index contributed by atoms with van der Waals surface area (Å²) in [7, 11) is 0. The molecule has 1 fully saturated rings. The lowest BCUT2D eigenvalue weighted by atomic mass is 9.89. The Bertz CT molecular complexity index is 292. The van der Waals surface area contributed by atoms with Gasteiger partial charge in [-0.15, -0.1) is 0 Å². The summed E-state index contributed by atoms with van der Waals surface area (Å²) in [6, 6.07) is 9.08. The number of alkyl halides is 1. The van der Waals surface area contributed by atoms with Gasteiger partial charge >= 0.3 is 0 Å². The molecule has 0 aliphatic carbocycles. The standard InChI is InChI=1S/C12H16IN/c13-9-10-2-1-3-12(8-10)11-4-6-14-7-5-11/h1-3,8,11,14H,4-7,9H2. The lowest BCUT2D eigenvalue weighted by Crippen LogP contribution is -2.26. The summed E-state index contributed by atoms with van der Waals surface area (Å²) >= 11 is 2.43. The third-order valence-electron chi connectivity index (χ3n) is 2.92. The average Bonchev–Trinajstić information content (AvgIpc) is 2.30. The van der Waals surface area contributed by atoms with E-state index in [1.54, 1.807) is 5.56 Å². The highest BCUT2D eigenvalue weighted by Crippen LogP contribution is 2.26. The fourth-order valence-electron chi connectivity index (χ4n) is 2.09. The van der Waals surface area contributed by atoms with Crippen LogP contribution in [0, 0.1) is 0 Å². The van der Waals surface area contributed by atoms with Crippen molar-refractivity contribution < 1.29 is 0 Å². The molecule has 1 saturated heterocycles. The summed E-state index contributed by atoms with van der Waals surface area (Å²) < 4.78 is 1.12. The van der Waals surface area contributed by atoms with Gasteiger partial charge in [-0.1, -0.05) is 46.9 Å². The molecule has 0 amide bonds. The summed E-state index contributed by atoms with van der Waals surface area (Å²) in [5, 5.41) is 3.41. The van der Waals surface area contributed by atoms with E-state index in [-0.39, 0.29) is 0 Å². The molecule has 0 bridgehead atoms. The zero-order chi connectivity index (χ0) is 9.80. The zero-order valence-corrected chi connectivity index (χ0v) is 10.5. The molecule has 14 heavy (non-hydrogen) atoms. The van der Waals surface area contributed by atoms with Crippen LogP contribution in [0.1, 0.15) is 29.9 Å². The zero-order valence-electron chi connectivity index (χ0n) is 8.30. The largest absolute Gasteiger partial charge is 0.317 e. The maximum absolute atomic E-state index is 3.41. The first-order valence-electron chi connectivity index (χ1n) is 5.25. The highest BCUT2D eigenvalue weighted by atomic mass is 127. The molecular weight excluding hydrogens is 285 g/mol. The minimum atomic E-state index is 0.791. The first-order chi connectivity index (χ1) is 6.90. The molecule has 0 aromatic heterocycles. The molecule has 1 aliphatic heterocycles. The highest BCUT2D eigenvalue weighted by Gasteiger charge is 2.14. The SMILES string of the molecule is ICc1cccc(C2CCNCC2)c1. The normalized spacial score (nSPS) is 18.4. The molecule has 0 saturated carbocycles. The van der Waals surface area contributed by atoms with Gasteiger partial charge in [0.25, 0.3) is 0 Å². The van der Waals surface area contributed by atoms with E-state index in [2.05, 4.69) is 52.2 Å². The molecule has 1 nitrogen and oxygen atoms in total. The molecule has 1 aliphatic rings. The van der Waals surface area contributed by atoms with Gasteiger partial charge in [0.1, 0.15) is 0 Å². The van der Waals surface area contributed by atoms with Crippen LogP contribution in [0.2, 0.25) is 0 Å². The predicted molar refractivity (Wildman–Crippen MR) is 69.0 cm³/mol. The van der Waals surface area contributed by atoms with Gasteiger partial charge < -0.3 is 5.32 Å². The molecular formula is C12H16IN. The van der Waals surface area contributed by atoms with Gasteiger partial charge in [-0.25, -0.2) is 0 Å². The number of halogens is 1. The molecule has 1 heterocycles. The highest BCUT2D eigenvalue weighted by molar-refractivity contribution is 14.1. The Labute approximate surface area is 99.4 Å². The third-order valence-corrected chi connectivity index (χ3v) is 3.80. The molecule has 2 rings (SSSR count). The Balaban J connectivity index is 2.13. The lowest BCUT2D eigenvalue weighted by molar-refractivity contribution is 0.460. The van der Waals surface area contributed by atoms with E-state index in [0.29, 0.717) is 0 Å². The van der Waals surface area contributed by atoms with Gasteiger partial charge in [0.05, 0.1) is 0 Å². The summed E-state index contributed by atoms with van der Waals surface area (Å²) in [6.07, 6.45) is 2.59. The fraction of sp³-hybridized carbons (Fsp3) is 0.500. The first kappa shape index (κ1) is 10.4. The van der Waals surface area contributed by atoms with Crippen molar-refractivity contribution in [3.05, 3.63) is 35.4 Å². The van der Waals surface area contributed by atoms with Crippen molar-refractivity contribution in [1.29, 1.82) is 0 Å². The molecule has 0 unspecified atom stereocenters. The summed E-state index contributed by atoms with van der Waals surface area (Å²) in [6.45, 7) is 2.36. The quantitative estimate of drug-likeness (QED) is 0.654. The van der Waals surface area contributed by atoms with E-state index in [4.69, 9.17) is 0 Å². The smallest absolute Gasteiger partial charge is 0.0247 e. The Morgan fingerprint density at radius 3 is 2.79 bits per heavy atom. The van der Waals surface area contributed by atoms with Gasteiger partial charge in [0.2, 0.25) is 0 Å². The van der Waals surface area contributed by atoms with Crippen LogP contribution in [-0.4, -0.2) is 13.1 Å². The number of piperidine rings is 1. The molecule has 0 radical (unpaired) electrons. The monoisotopic (exact) mass is 301 g/mol. The minimum Gasteiger partial charge on any atom is -0.317 e. The minimum absolute atomic E-state index is 0.791. The topological polar surface area (TPSA) is 12.0 Å². The maximum atomic E-state index is 3.41. The second-order valence-electron chi connectivity index (χ2n) is 3.90. The van der Waals surface area contributed by atoms with Crippen LogP contribution in [0.5, 0.6) is 0 Å². The Morgan fingerprint density at radius 1 is 1.29 bits per heavy atom. The lowest BCUT2D eigenvalue weighted by Gasteiger charge is -2.23. The van der Waals surface area contributed by atoms with Crippen LogP contribution in [0.15, 0.2) is 24.3 Å². The molecule has 2 heteroatoms. The van der Waals surface area contributed by atoms with Gasteiger partial charge in [0.15, 0.2) is 0 Å². The van der Waals surface area contributed by atoms with Crippen molar-refractivity contribution in [3.63, 3.8) is 0 Å². The number of hydrogen-bond donors (Lipinski definition) is 1. The third kappa shape index (κ3) is 2.48. The first-order valence-corrected chi connectivity index (χ1v) is 6.78. The Morgan fingerprint density at radius 2 is 2.07 bits per heavy atom.